The predicted octanol–water partition coefficient (Wildman–Crippen LogP) is 5.94. The molecule has 0 saturated carbocycles. The quantitative estimate of drug-likeness (QED) is 0.380. The van der Waals surface area contributed by atoms with Gasteiger partial charge in [-0.2, -0.15) is 0 Å². The first-order valence-corrected chi connectivity index (χ1v) is 16.1. The zero-order chi connectivity index (χ0) is 31.1. The van der Waals surface area contributed by atoms with E-state index < -0.39 is 23.7 Å². The number of nitrogens with one attached hydrogen (secondary N) is 2. The van der Waals surface area contributed by atoms with E-state index in [1.807, 2.05) is 24.3 Å². The van der Waals surface area contributed by atoms with Crippen LogP contribution in [0.1, 0.15) is 87.1 Å². The fraction of sp³-hybridized carbons (Fsp3) is 0.543. The van der Waals surface area contributed by atoms with Crippen molar-refractivity contribution in [1.29, 1.82) is 0 Å². The van der Waals surface area contributed by atoms with E-state index in [2.05, 4.69) is 23.6 Å². The van der Waals surface area contributed by atoms with Crippen LogP contribution >= 0.6 is 0 Å². The van der Waals surface area contributed by atoms with Crippen LogP contribution in [-0.2, 0) is 20.7 Å². The number of fused-ring (bicyclic) bond motifs is 5. The van der Waals surface area contributed by atoms with Gasteiger partial charge in [-0.25, -0.2) is 8.78 Å². The van der Waals surface area contributed by atoms with E-state index in [9.17, 15) is 18.4 Å². The summed E-state index contributed by atoms with van der Waals surface area (Å²) in [6, 6.07) is 8.55. The zero-order valence-electron chi connectivity index (χ0n) is 25.8. The Morgan fingerprint density at radius 1 is 1.02 bits per heavy atom. The van der Waals surface area contributed by atoms with Crippen LogP contribution in [0.4, 0.5) is 8.78 Å². The number of unbranched alkanes of at least 4 members (excludes halogenated alkanes) is 1. The van der Waals surface area contributed by atoms with Crippen LogP contribution in [0.25, 0.3) is 0 Å². The monoisotopic (exact) mass is 609 g/mol. The van der Waals surface area contributed by atoms with Gasteiger partial charge in [-0.15, -0.1) is 0 Å². The molecule has 0 aromatic heterocycles. The number of methoxy groups -OCH3 is 1. The normalized spacial score (nSPS) is 27.2. The van der Waals surface area contributed by atoms with E-state index in [1.54, 1.807) is 12.0 Å². The molecule has 2 aromatic carbocycles. The van der Waals surface area contributed by atoms with E-state index in [0.717, 1.165) is 55.0 Å². The van der Waals surface area contributed by atoms with Gasteiger partial charge in [-0.1, -0.05) is 38.0 Å². The molecule has 2 heterocycles. The first-order chi connectivity index (χ1) is 21.4. The van der Waals surface area contributed by atoms with Gasteiger partial charge in [0.1, 0.15) is 23.4 Å². The van der Waals surface area contributed by atoms with Crippen molar-refractivity contribution in [3.63, 3.8) is 0 Å². The van der Waals surface area contributed by atoms with Crippen LogP contribution in [0.5, 0.6) is 5.75 Å². The number of carbonyl (C=O) groups is 2. The minimum atomic E-state index is -0.648. The fourth-order valence-electron chi connectivity index (χ4n) is 6.89. The Labute approximate surface area is 259 Å². The molecule has 2 N–H and O–H groups in total. The average Bonchev–Trinajstić information content (AvgIpc) is 3.53. The number of allylic oxidation sites excluding steroid dienone is 1. The second-order valence-electron chi connectivity index (χ2n) is 12.3. The van der Waals surface area contributed by atoms with Crippen molar-refractivity contribution in [3.8, 4) is 5.75 Å². The molecule has 0 spiro atoms. The molecule has 0 radical (unpaired) electrons. The lowest BCUT2D eigenvalue weighted by molar-refractivity contribution is -0.140. The van der Waals surface area contributed by atoms with Crippen LogP contribution in [0.3, 0.4) is 0 Å². The lowest BCUT2D eigenvalue weighted by Crippen LogP contribution is -2.51. The third-order valence-corrected chi connectivity index (χ3v) is 9.20. The molecule has 5 rings (SSSR count). The number of amides is 2. The van der Waals surface area contributed by atoms with E-state index >= 15 is 0 Å². The highest BCUT2D eigenvalue weighted by Gasteiger charge is 2.39. The summed E-state index contributed by atoms with van der Waals surface area (Å²) < 4.78 is 40.0. The standard InChI is InChI=1S/C35H45F2N3O4/c1-3-4-8-24-13-15-40(35(24)42)32-9-6-5-7-16-44-33-22-31(30-21-28(43-2)10-11-29(30)33)38-14-12-27(39-34(32)41)19-23-17-25(36)20-26(37)18-23/h5,7,10-11,17-18,20-21,24,27,31-33,38H,3-4,6,8-9,12-16,19,22H2,1-2H3,(H,39,41)/b7-5+/t24-,27+,31-,32-,33+/m0/s1. The summed E-state index contributed by atoms with van der Waals surface area (Å²) in [6.45, 7) is 3.68. The summed E-state index contributed by atoms with van der Waals surface area (Å²) in [5, 5.41) is 6.82. The Balaban J connectivity index is 1.38. The van der Waals surface area contributed by atoms with Crippen molar-refractivity contribution in [2.75, 3.05) is 26.8 Å². The molecule has 9 heteroatoms. The largest absolute Gasteiger partial charge is 0.497 e. The molecule has 1 fully saturated rings. The lowest BCUT2D eigenvalue weighted by Gasteiger charge is -2.30. The summed E-state index contributed by atoms with van der Waals surface area (Å²) >= 11 is 0. The van der Waals surface area contributed by atoms with Crippen molar-refractivity contribution in [3.05, 3.63) is 76.9 Å². The van der Waals surface area contributed by atoms with Gasteiger partial charge in [0.2, 0.25) is 11.8 Å². The summed E-state index contributed by atoms with van der Waals surface area (Å²) in [4.78, 5) is 29.1. The molecule has 1 aliphatic carbocycles. The van der Waals surface area contributed by atoms with Crippen LogP contribution in [0.2, 0.25) is 0 Å². The molecule has 2 amide bonds. The van der Waals surface area contributed by atoms with Crippen LogP contribution < -0.4 is 15.4 Å². The van der Waals surface area contributed by atoms with E-state index in [-0.39, 0.29) is 36.3 Å². The van der Waals surface area contributed by atoms with Gasteiger partial charge in [0, 0.05) is 30.6 Å². The van der Waals surface area contributed by atoms with Gasteiger partial charge in [-0.3, -0.25) is 9.59 Å². The number of benzene rings is 2. The highest BCUT2D eigenvalue weighted by Crippen LogP contribution is 2.42. The van der Waals surface area contributed by atoms with Gasteiger partial charge in [0.05, 0.1) is 19.8 Å². The van der Waals surface area contributed by atoms with Gasteiger partial charge in [-0.05, 0) is 92.4 Å². The molecule has 0 unspecified atom stereocenters. The molecule has 2 aliphatic heterocycles. The number of ether oxygens (including phenoxy) is 2. The Bertz CT molecular complexity index is 1310. The molecule has 238 valence electrons. The molecule has 2 aromatic rings. The Morgan fingerprint density at radius 3 is 2.61 bits per heavy atom. The molecule has 44 heavy (non-hydrogen) atoms. The maximum Gasteiger partial charge on any atom is 0.243 e. The predicted molar refractivity (Wildman–Crippen MR) is 165 cm³/mol. The Hall–Kier alpha value is -3.30. The maximum atomic E-state index is 14.1. The third kappa shape index (κ3) is 7.85. The van der Waals surface area contributed by atoms with Crippen molar-refractivity contribution in [2.45, 2.75) is 88.9 Å². The van der Waals surface area contributed by atoms with Crippen molar-refractivity contribution >= 4 is 11.8 Å². The highest BCUT2D eigenvalue weighted by molar-refractivity contribution is 5.89. The minimum absolute atomic E-state index is 0.0278. The molecule has 3 aliphatic rings. The summed E-state index contributed by atoms with van der Waals surface area (Å²) in [5.74, 6) is -0.728. The molecular formula is C35H45F2N3O4. The van der Waals surface area contributed by atoms with Crippen molar-refractivity contribution in [2.24, 2.45) is 5.92 Å². The van der Waals surface area contributed by atoms with E-state index in [1.165, 1.54) is 12.1 Å². The number of nitrogens with zero attached hydrogens (tertiary/aromatic N) is 1. The van der Waals surface area contributed by atoms with Gasteiger partial charge < -0.3 is 25.0 Å². The minimum Gasteiger partial charge on any atom is -0.497 e. The molecular weight excluding hydrogens is 564 g/mol. The first-order valence-electron chi connectivity index (χ1n) is 16.1. The van der Waals surface area contributed by atoms with Gasteiger partial charge >= 0.3 is 0 Å². The lowest BCUT2D eigenvalue weighted by atomic mass is 10.00. The van der Waals surface area contributed by atoms with Crippen LogP contribution in [-0.4, -0.2) is 55.6 Å². The van der Waals surface area contributed by atoms with E-state index in [0.29, 0.717) is 44.5 Å². The number of hydrogen-bond acceptors (Lipinski definition) is 5. The number of rotatable bonds is 7. The second kappa shape index (κ2) is 15.1. The number of carbonyl (C=O) groups excluding carboxylic acids is 2. The maximum absolute atomic E-state index is 14.1. The molecule has 1 saturated heterocycles. The van der Waals surface area contributed by atoms with Crippen molar-refractivity contribution in [1.82, 2.24) is 15.5 Å². The van der Waals surface area contributed by atoms with E-state index in [4.69, 9.17) is 9.47 Å². The fourth-order valence-corrected chi connectivity index (χ4v) is 6.89. The summed E-state index contributed by atoms with van der Waals surface area (Å²) in [5.41, 5.74) is 2.73. The van der Waals surface area contributed by atoms with Crippen LogP contribution in [0.15, 0.2) is 48.6 Å². The van der Waals surface area contributed by atoms with Crippen molar-refractivity contribution < 1.29 is 27.8 Å². The van der Waals surface area contributed by atoms with Gasteiger partial charge in [0.25, 0.3) is 0 Å². The number of hydrogen-bond donors (Lipinski definition) is 2. The summed E-state index contributed by atoms with van der Waals surface area (Å²) in [7, 11) is 1.65. The third-order valence-electron chi connectivity index (χ3n) is 9.20. The van der Waals surface area contributed by atoms with Crippen LogP contribution in [0, 0.1) is 17.6 Å². The highest BCUT2D eigenvalue weighted by atomic mass is 19.1. The second-order valence-corrected chi connectivity index (χ2v) is 12.3. The molecule has 7 nitrogen and oxygen atoms in total. The van der Waals surface area contributed by atoms with Gasteiger partial charge in [0.15, 0.2) is 0 Å². The smallest absolute Gasteiger partial charge is 0.243 e. The number of halogens is 2. The SMILES string of the molecule is CCCC[C@H]1CCN([C@H]2CC/C=C/CO[C@@H]3C[C@H](NCC[C@H](Cc4cc(F)cc(F)c4)NC2=O)c2cc(OC)ccc23)C1=O. The molecule has 2 bridgehead atoms. The summed E-state index contributed by atoms with van der Waals surface area (Å²) in [6.07, 6.45) is 10.2. The first kappa shape index (κ1) is 32.1. The Morgan fingerprint density at radius 2 is 1.84 bits per heavy atom. The average molecular weight is 610 g/mol. The number of likely N-dealkylation sites (tertiary alicyclic amines) is 1. The molecule has 5 atom stereocenters. The topological polar surface area (TPSA) is 79.9 Å². The Kier molecular flexibility index (Phi) is 11.0. The zero-order valence-corrected chi connectivity index (χ0v) is 25.8.